The third-order valence-electron chi connectivity index (χ3n) is 5.70. The lowest BCUT2D eigenvalue weighted by atomic mass is 9.77. The van der Waals surface area contributed by atoms with Gasteiger partial charge in [0.1, 0.15) is 6.54 Å². The van der Waals surface area contributed by atoms with Crippen LogP contribution in [-0.4, -0.2) is 40.2 Å². The second-order valence-electron chi connectivity index (χ2n) is 8.29. The second-order valence-corrected chi connectivity index (χ2v) is 8.29. The van der Waals surface area contributed by atoms with Gasteiger partial charge in [0, 0.05) is 24.8 Å². The fourth-order valence-electron chi connectivity index (χ4n) is 4.20. The number of carbonyl (C=O) groups excluding carboxylic acids is 1. The van der Waals surface area contributed by atoms with Gasteiger partial charge in [-0.25, -0.2) is 4.79 Å². The number of fused-ring (bicyclic) bond motifs is 1. The van der Waals surface area contributed by atoms with Crippen molar-refractivity contribution in [3.8, 4) is 11.5 Å². The quantitative estimate of drug-likeness (QED) is 0.840. The Labute approximate surface area is 168 Å². The van der Waals surface area contributed by atoms with Crippen LogP contribution in [0.15, 0.2) is 34.0 Å². The van der Waals surface area contributed by atoms with Gasteiger partial charge in [-0.3, -0.25) is 19.1 Å². The third kappa shape index (κ3) is 4.06. The minimum atomic E-state index is -0.561. The molecule has 1 amide bonds. The predicted octanol–water partition coefficient (Wildman–Crippen LogP) is 1.45. The van der Waals surface area contributed by atoms with Crippen molar-refractivity contribution in [2.24, 2.45) is 5.41 Å². The van der Waals surface area contributed by atoms with Crippen LogP contribution in [0.4, 0.5) is 0 Å². The van der Waals surface area contributed by atoms with Crippen molar-refractivity contribution in [3.63, 3.8) is 0 Å². The summed E-state index contributed by atoms with van der Waals surface area (Å²) in [7, 11) is 0. The summed E-state index contributed by atoms with van der Waals surface area (Å²) in [4.78, 5) is 40.4. The molecule has 2 aromatic rings. The van der Waals surface area contributed by atoms with Crippen LogP contribution in [0, 0.1) is 12.3 Å². The van der Waals surface area contributed by atoms with Crippen LogP contribution in [-0.2, 0) is 17.8 Å². The summed E-state index contributed by atoms with van der Waals surface area (Å²) in [6.07, 6.45) is 4.19. The molecule has 0 bridgehead atoms. The SMILES string of the molecule is Cc1cn(CC(=O)N2CCC[C@](C)(Cc3ccc4c(c3)OCO4)C2)c(=O)[nH]c1=O. The summed E-state index contributed by atoms with van der Waals surface area (Å²) in [5.41, 5.74) is 0.511. The van der Waals surface area contributed by atoms with E-state index >= 15 is 0 Å². The van der Waals surface area contributed by atoms with Crippen molar-refractivity contribution in [1.29, 1.82) is 0 Å². The maximum atomic E-state index is 12.8. The van der Waals surface area contributed by atoms with Gasteiger partial charge in [-0.1, -0.05) is 13.0 Å². The Kier molecular flexibility index (Phi) is 4.94. The molecule has 1 atom stereocenters. The molecule has 2 aliphatic rings. The lowest BCUT2D eigenvalue weighted by molar-refractivity contribution is -0.135. The van der Waals surface area contributed by atoms with Gasteiger partial charge in [-0.05, 0) is 49.3 Å². The zero-order valence-corrected chi connectivity index (χ0v) is 16.7. The fourth-order valence-corrected chi connectivity index (χ4v) is 4.20. The van der Waals surface area contributed by atoms with Crippen LogP contribution in [0.3, 0.4) is 0 Å². The van der Waals surface area contributed by atoms with E-state index in [1.807, 2.05) is 23.1 Å². The predicted molar refractivity (Wildman–Crippen MR) is 106 cm³/mol. The van der Waals surface area contributed by atoms with E-state index in [2.05, 4.69) is 11.9 Å². The summed E-state index contributed by atoms with van der Waals surface area (Å²) in [6, 6.07) is 5.98. The van der Waals surface area contributed by atoms with Crippen molar-refractivity contribution >= 4 is 5.91 Å². The molecule has 3 heterocycles. The number of aromatic amines is 1. The number of amides is 1. The number of nitrogens with one attached hydrogen (secondary N) is 1. The van der Waals surface area contributed by atoms with E-state index in [9.17, 15) is 14.4 Å². The number of H-pyrrole nitrogens is 1. The van der Waals surface area contributed by atoms with E-state index in [1.54, 1.807) is 6.92 Å². The number of ether oxygens (including phenoxy) is 2. The van der Waals surface area contributed by atoms with Crippen molar-refractivity contribution < 1.29 is 14.3 Å². The van der Waals surface area contributed by atoms with Crippen molar-refractivity contribution in [2.45, 2.75) is 39.7 Å². The summed E-state index contributed by atoms with van der Waals surface area (Å²) in [5, 5.41) is 0. The zero-order chi connectivity index (χ0) is 20.6. The largest absolute Gasteiger partial charge is 0.454 e. The van der Waals surface area contributed by atoms with E-state index in [0.717, 1.165) is 36.3 Å². The van der Waals surface area contributed by atoms with Gasteiger partial charge in [0.05, 0.1) is 0 Å². The molecule has 1 aromatic heterocycles. The average Bonchev–Trinajstić information content (AvgIpc) is 3.13. The highest BCUT2D eigenvalue weighted by atomic mass is 16.7. The lowest BCUT2D eigenvalue weighted by Gasteiger charge is -2.41. The zero-order valence-electron chi connectivity index (χ0n) is 16.7. The highest BCUT2D eigenvalue weighted by molar-refractivity contribution is 5.76. The molecule has 154 valence electrons. The van der Waals surface area contributed by atoms with E-state index in [-0.39, 0.29) is 24.7 Å². The number of benzene rings is 1. The van der Waals surface area contributed by atoms with Crippen LogP contribution in [0.2, 0.25) is 0 Å². The van der Waals surface area contributed by atoms with Gasteiger partial charge in [0.25, 0.3) is 5.56 Å². The van der Waals surface area contributed by atoms with Gasteiger partial charge in [0.2, 0.25) is 12.7 Å². The Morgan fingerprint density at radius 2 is 2.03 bits per heavy atom. The molecule has 4 rings (SSSR count). The molecule has 1 saturated heterocycles. The fraction of sp³-hybridized carbons (Fsp3) is 0.476. The Morgan fingerprint density at radius 3 is 2.86 bits per heavy atom. The van der Waals surface area contributed by atoms with Crippen LogP contribution in [0.1, 0.15) is 30.9 Å². The van der Waals surface area contributed by atoms with E-state index in [1.165, 1.54) is 10.8 Å². The molecule has 2 aliphatic heterocycles. The number of rotatable bonds is 4. The van der Waals surface area contributed by atoms with Crippen LogP contribution < -0.4 is 20.7 Å². The maximum absolute atomic E-state index is 12.8. The molecule has 1 N–H and O–H groups in total. The summed E-state index contributed by atoms with van der Waals surface area (Å²) in [5.74, 6) is 1.42. The molecule has 0 spiro atoms. The highest BCUT2D eigenvalue weighted by Crippen LogP contribution is 2.37. The molecule has 0 saturated carbocycles. The Balaban J connectivity index is 1.46. The number of likely N-dealkylation sites (tertiary alicyclic amines) is 1. The standard InChI is InChI=1S/C21H25N3O5/c1-14-10-24(20(27)22-19(14)26)11-18(25)23-7-3-6-21(2,12-23)9-15-4-5-16-17(8-15)29-13-28-16/h4-5,8,10H,3,6-7,9,11-13H2,1-2H3,(H,22,26,27)/t21-/m1/s1. The molecule has 0 unspecified atom stereocenters. The van der Waals surface area contributed by atoms with Crippen LogP contribution in [0.5, 0.6) is 11.5 Å². The number of hydrogen-bond acceptors (Lipinski definition) is 5. The third-order valence-corrected chi connectivity index (χ3v) is 5.70. The Bertz CT molecular complexity index is 1060. The molecule has 0 aliphatic carbocycles. The minimum absolute atomic E-state index is 0.0620. The van der Waals surface area contributed by atoms with Crippen LogP contribution >= 0.6 is 0 Å². The number of aromatic nitrogens is 2. The van der Waals surface area contributed by atoms with E-state index in [4.69, 9.17) is 9.47 Å². The molecule has 1 aromatic carbocycles. The lowest BCUT2D eigenvalue weighted by Crippen LogP contribution is -2.47. The van der Waals surface area contributed by atoms with Gasteiger partial charge >= 0.3 is 5.69 Å². The molecule has 29 heavy (non-hydrogen) atoms. The number of piperidine rings is 1. The first kappa shape index (κ1) is 19.3. The maximum Gasteiger partial charge on any atom is 0.328 e. The summed E-state index contributed by atoms with van der Waals surface area (Å²) in [6.45, 7) is 5.28. The summed E-state index contributed by atoms with van der Waals surface area (Å²) < 4.78 is 12.1. The van der Waals surface area contributed by atoms with E-state index < -0.39 is 11.2 Å². The number of nitrogens with zero attached hydrogens (tertiary/aromatic N) is 2. The number of hydrogen-bond donors (Lipinski definition) is 1. The summed E-state index contributed by atoms with van der Waals surface area (Å²) >= 11 is 0. The van der Waals surface area contributed by atoms with Gasteiger partial charge in [-0.15, -0.1) is 0 Å². The molecule has 8 heteroatoms. The highest BCUT2D eigenvalue weighted by Gasteiger charge is 2.33. The van der Waals surface area contributed by atoms with Crippen molar-refractivity contribution in [2.75, 3.05) is 19.9 Å². The first-order valence-electron chi connectivity index (χ1n) is 9.80. The molecule has 0 radical (unpaired) electrons. The first-order valence-corrected chi connectivity index (χ1v) is 9.80. The molecular formula is C21H25N3O5. The molecule has 1 fully saturated rings. The van der Waals surface area contributed by atoms with Gasteiger partial charge in [0.15, 0.2) is 11.5 Å². The normalized spacial score (nSPS) is 20.7. The number of carbonyl (C=O) groups is 1. The first-order chi connectivity index (χ1) is 13.8. The smallest absolute Gasteiger partial charge is 0.328 e. The minimum Gasteiger partial charge on any atom is -0.454 e. The average molecular weight is 399 g/mol. The van der Waals surface area contributed by atoms with E-state index in [0.29, 0.717) is 18.7 Å². The van der Waals surface area contributed by atoms with Crippen molar-refractivity contribution in [3.05, 3.63) is 56.4 Å². The van der Waals surface area contributed by atoms with Gasteiger partial charge in [-0.2, -0.15) is 0 Å². The monoisotopic (exact) mass is 399 g/mol. The molecular weight excluding hydrogens is 374 g/mol. The number of aryl methyl sites for hydroxylation is 1. The topological polar surface area (TPSA) is 93.6 Å². The second kappa shape index (κ2) is 7.42. The Hall–Kier alpha value is -3.03. The van der Waals surface area contributed by atoms with Crippen molar-refractivity contribution in [1.82, 2.24) is 14.5 Å². The van der Waals surface area contributed by atoms with Crippen LogP contribution in [0.25, 0.3) is 0 Å². The Morgan fingerprint density at radius 1 is 1.24 bits per heavy atom. The van der Waals surface area contributed by atoms with Gasteiger partial charge < -0.3 is 14.4 Å². The molecule has 8 nitrogen and oxygen atoms in total.